The van der Waals surface area contributed by atoms with Crippen LogP contribution in [0.1, 0.15) is 21.5 Å². The van der Waals surface area contributed by atoms with Crippen LogP contribution in [0.3, 0.4) is 0 Å². The van der Waals surface area contributed by atoms with Gasteiger partial charge in [0.25, 0.3) is 0 Å². The first kappa shape index (κ1) is 14.6. The van der Waals surface area contributed by atoms with Crippen LogP contribution in [0.2, 0.25) is 0 Å². The second-order valence-corrected chi connectivity index (χ2v) is 4.51. The molecule has 0 amide bonds. The molecule has 0 radical (unpaired) electrons. The topological polar surface area (TPSA) is 89.6 Å². The van der Waals surface area contributed by atoms with Crippen LogP contribution < -0.4 is 5.73 Å². The fraction of sp³-hybridized carbons (Fsp3) is 0.125. The first-order valence-corrected chi connectivity index (χ1v) is 6.38. The smallest absolute Gasteiger partial charge is 0.340 e. The zero-order chi connectivity index (χ0) is 15.2. The molecule has 0 aliphatic carbocycles. The lowest BCUT2D eigenvalue weighted by atomic mass is 10.0. The van der Waals surface area contributed by atoms with Crippen LogP contribution in [-0.4, -0.2) is 17.0 Å². The number of carbonyl (C=O) groups excluding carboxylic acids is 1. The summed E-state index contributed by atoms with van der Waals surface area (Å²) < 4.78 is 5.19. The van der Waals surface area contributed by atoms with Crippen molar-refractivity contribution in [2.75, 3.05) is 5.73 Å². The SMILES string of the molecule is Nc1c(CC(=O)O)cccc1C(=O)OCc1ccccc1. The summed E-state index contributed by atoms with van der Waals surface area (Å²) in [6.45, 7) is 0.141. The van der Waals surface area contributed by atoms with Crippen molar-refractivity contribution < 1.29 is 19.4 Å². The number of benzene rings is 2. The Kier molecular flexibility index (Phi) is 4.56. The lowest BCUT2D eigenvalue weighted by Crippen LogP contribution is -2.11. The third kappa shape index (κ3) is 3.82. The normalized spacial score (nSPS) is 10.1. The van der Waals surface area contributed by atoms with Crippen LogP contribution in [0.5, 0.6) is 0 Å². The molecule has 0 heterocycles. The van der Waals surface area contributed by atoms with Gasteiger partial charge in [-0.25, -0.2) is 4.79 Å². The minimum atomic E-state index is -1.00. The van der Waals surface area contributed by atoms with Crippen molar-refractivity contribution in [2.24, 2.45) is 0 Å². The third-order valence-corrected chi connectivity index (χ3v) is 2.97. The highest BCUT2D eigenvalue weighted by atomic mass is 16.5. The van der Waals surface area contributed by atoms with Crippen LogP contribution >= 0.6 is 0 Å². The van der Waals surface area contributed by atoms with E-state index in [9.17, 15) is 9.59 Å². The van der Waals surface area contributed by atoms with E-state index in [4.69, 9.17) is 15.6 Å². The van der Waals surface area contributed by atoms with Gasteiger partial charge in [-0.3, -0.25) is 4.79 Å². The molecule has 5 nitrogen and oxygen atoms in total. The van der Waals surface area contributed by atoms with Crippen molar-refractivity contribution in [3.63, 3.8) is 0 Å². The second kappa shape index (κ2) is 6.56. The van der Waals surface area contributed by atoms with Gasteiger partial charge in [-0.05, 0) is 17.2 Å². The van der Waals surface area contributed by atoms with Crippen molar-refractivity contribution in [1.29, 1.82) is 0 Å². The van der Waals surface area contributed by atoms with Gasteiger partial charge in [0.1, 0.15) is 6.61 Å². The molecule has 0 spiro atoms. The number of ether oxygens (including phenoxy) is 1. The average molecular weight is 285 g/mol. The van der Waals surface area contributed by atoms with E-state index in [1.54, 1.807) is 12.1 Å². The lowest BCUT2D eigenvalue weighted by molar-refractivity contribution is -0.136. The Labute approximate surface area is 122 Å². The summed E-state index contributed by atoms with van der Waals surface area (Å²) in [5.41, 5.74) is 7.44. The molecular formula is C16H15NO4. The highest BCUT2D eigenvalue weighted by molar-refractivity contribution is 5.96. The quantitative estimate of drug-likeness (QED) is 0.649. The summed E-state index contributed by atoms with van der Waals surface area (Å²) in [6.07, 6.45) is -0.231. The number of hydrogen-bond acceptors (Lipinski definition) is 4. The molecule has 21 heavy (non-hydrogen) atoms. The van der Waals surface area contributed by atoms with E-state index >= 15 is 0 Å². The van der Waals surface area contributed by atoms with Crippen molar-refractivity contribution in [3.05, 3.63) is 65.2 Å². The first-order chi connectivity index (χ1) is 10.1. The number of aliphatic carboxylic acids is 1. The molecule has 108 valence electrons. The van der Waals surface area contributed by atoms with Gasteiger partial charge >= 0.3 is 11.9 Å². The van der Waals surface area contributed by atoms with Crippen LogP contribution in [-0.2, 0) is 22.6 Å². The summed E-state index contributed by atoms with van der Waals surface area (Å²) in [5, 5.41) is 8.80. The fourth-order valence-electron chi connectivity index (χ4n) is 1.91. The molecule has 0 fully saturated rings. The molecule has 0 aliphatic rings. The maximum Gasteiger partial charge on any atom is 0.340 e. The van der Waals surface area contributed by atoms with E-state index < -0.39 is 11.9 Å². The van der Waals surface area contributed by atoms with Crippen LogP contribution in [0, 0.1) is 0 Å². The van der Waals surface area contributed by atoms with Crippen LogP contribution in [0.25, 0.3) is 0 Å². The number of hydrogen-bond donors (Lipinski definition) is 2. The molecule has 0 saturated carbocycles. The summed E-state index contributed by atoms with van der Waals surface area (Å²) >= 11 is 0. The van der Waals surface area contributed by atoms with Gasteiger partial charge < -0.3 is 15.6 Å². The number of rotatable bonds is 5. The Morgan fingerprint density at radius 3 is 2.43 bits per heavy atom. The van der Waals surface area contributed by atoms with E-state index in [0.29, 0.717) is 5.56 Å². The molecule has 2 rings (SSSR count). The molecule has 0 atom stereocenters. The molecule has 0 aromatic heterocycles. The van der Waals surface area contributed by atoms with Crippen molar-refractivity contribution in [3.8, 4) is 0 Å². The highest BCUT2D eigenvalue weighted by Gasteiger charge is 2.15. The van der Waals surface area contributed by atoms with Gasteiger partial charge in [0.2, 0.25) is 0 Å². The second-order valence-electron chi connectivity index (χ2n) is 4.51. The van der Waals surface area contributed by atoms with Crippen molar-refractivity contribution in [1.82, 2.24) is 0 Å². The van der Waals surface area contributed by atoms with Gasteiger partial charge in [0.05, 0.1) is 12.0 Å². The maximum absolute atomic E-state index is 12.0. The number of carboxylic acid groups (broad SMARTS) is 1. The molecule has 0 saturated heterocycles. The predicted octanol–water partition coefficient (Wildman–Crippen LogP) is 2.25. The summed E-state index contributed by atoms with van der Waals surface area (Å²) in [4.78, 5) is 22.8. The van der Waals surface area contributed by atoms with E-state index in [2.05, 4.69) is 0 Å². The van der Waals surface area contributed by atoms with E-state index in [1.165, 1.54) is 6.07 Å². The van der Waals surface area contributed by atoms with E-state index in [1.807, 2.05) is 30.3 Å². The van der Waals surface area contributed by atoms with E-state index in [-0.39, 0.29) is 24.3 Å². The molecule has 0 bridgehead atoms. The molecule has 2 aromatic carbocycles. The molecule has 2 aromatic rings. The Morgan fingerprint density at radius 1 is 1.05 bits per heavy atom. The predicted molar refractivity (Wildman–Crippen MR) is 77.8 cm³/mol. The Balaban J connectivity index is 2.10. The van der Waals surface area contributed by atoms with Gasteiger partial charge in [-0.15, -0.1) is 0 Å². The minimum Gasteiger partial charge on any atom is -0.481 e. The molecule has 3 N–H and O–H groups in total. The monoisotopic (exact) mass is 285 g/mol. The molecular weight excluding hydrogens is 270 g/mol. The number of carbonyl (C=O) groups is 2. The number of esters is 1. The zero-order valence-corrected chi connectivity index (χ0v) is 11.3. The third-order valence-electron chi connectivity index (χ3n) is 2.97. The number of nitrogen functional groups attached to an aromatic ring is 1. The number of para-hydroxylation sites is 1. The first-order valence-electron chi connectivity index (χ1n) is 6.38. The van der Waals surface area contributed by atoms with E-state index in [0.717, 1.165) is 5.56 Å². The zero-order valence-electron chi connectivity index (χ0n) is 11.3. The van der Waals surface area contributed by atoms with Crippen molar-refractivity contribution >= 4 is 17.6 Å². The largest absolute Gasteiger partial charge is 0.481 e. The van der Waals surface area contributed by atoms with Gasteiger partial charge in [0.15, 0.2) is 0 Å². The Bertz CT molecular complexity index is 653. The summed E-state index contributed by atoms with van der Waals surface area (Å²) in [7, 11) is 0. The van der Waals surface area contributed by atoms with Crippen LogP contribution in [0.4, 0.5) is 5.69 Å². The standard InChI is InChI=1S/C16H15NO4/c17-15-12(9-14(18)19)7-4-8-13(15)16(20)21-10-11-5-2-1-3-6-11/h1-8H,9-10,17H2,(H,18,19). The van der Waals surface area contributed by atoms with Crippen molar-refractivity contribution in [2.45, 2.75) is 13.0 Å². The van der Waals surface area contributed by atoms with Crippen LogP contribution in [0.15, 0.2) is 48.5 Å². The minimum absolute atomic E-state index is 0.141. The maximum atomic E-state index is 12.0. The number of anilines is 1. The van der Waals surface area contributed by atoms with Gasteiger partial charge in [-0.1, -0.05) is 42.5 Å². The number of carboxylic acids is 1. The summed E-state index contributed by atoms with van der Waals surface area (Å²) in [5.74, 6) is -1.57. The lowest BCUT2D eigenvalue weighted by Gasteiger charge is -2.10. The summed E-state index contributed by atoms with van der Waals surface area (Å²) in [6, 6.07) is 14.0. The highest BCUT2D eigenvalue weighted by Crippen LogP contribution is 2.19. The molecule has 0 aliphatic heterocycles. The fourth-order valence-corrected chi connectivity index (χ4v) is 1.91. The molecule has 0 unspecified atom stereocenters. The van der Waals surface area contributed by atoms with Gasteiger partial charge in [0, 0.05) is 5.69 Å². The Morgan fingerprint density at radius 2 is 1.76 bits per heavy atom. The average Bonchev–Trinajstić information content (AvgIpc) is 2.47. The Hall–Kier alpha value is -2.82. The van der Waals surface area contributed by atoms with Gasteiger partial charge in [-0.2, -0.15) is 0 Å². The molecule has 5 heteroatoms. The number of nitrogens with two attached hydrogens (primary N) is 1.